The summed E-state index contributed by atoms with van der Waals surface area (Å²) < 4.78 is 6.01. The van der Waals surface area contributed by atoms with Crippen molar-refractivity contribution in [3.8, 4) is 0 Å². The molecule has 0 aromatic carbocycles. The van der Waals surface area contributed by atoms with Gasteiger partial charge in [-0.05, 0) is 25.7 Å². The Hall–Kier alpha value is -1.10. The first-order chi connectivity index (χ1) is 9.61. The molecule has 0 unspecified atom stereocenters. The largest absolute Gasteiger partial charge is 0.371 e. The lowest BCUT2D eigenvalue weighted by Crippen LogP contribution is -2.57. The Morgan fingerprint density at radius 3 is 2.40 bits per heavy atom. The highest BCUT2D eigenvalue weighted by Crippen LogP contribution is 2.38. The topological polar surface area (TPSA) is 72.6 Å². The third-order valence-corrected chi connectivity index (χ3v) is 5.28. The van der Waals surface area contributed by atoms with Gasteiger partial charge in [0, 0.05) is 24.9 Å². The molecule has 20 heavy (non-hydrogen) atoms. The van der Waals surface area contributed by atoms with Crippen molar-refractivity contribution in [2.75, 3.05) is 19.7 Å². The third kappa shape index (κ3) is 2.43. The van der Waals surface area contributed by atoms with Crippen molar-refractivity contribution in [2.24, 2.45) is 17.6 Å². The predicted octanol–water partition coefficient (Wildman–Crippen LogP) is 1.06. The van der Waals surface area contributed by atoms with E-state index in [-0.39, 0.29) is 29.3 Å². The van der Waals surface area contributed by atoms with Gasteiger partial charge in [0.2, 0.25) is 11.8 Å². The van der Waals surface area contributed by atoms with Crippen molar-refractivity contribution in [2.45, 2.75) is 50.5 Å². The summed E-state index contributed by atoms with van der Waals surface area (Å²) in [5, 5.41) is 0. The van der Waals surface area contributed by atoms with Crippen LogP contribution < -0.4 is 5.73 Å². The lowest BCUT2D eigenvalue weighted by Gasteiger charge is -2.47. The molecule has 1 saturated heterocycles. The van der Waals surface area contributed by atoms with Crippen LogP contribution in [0, 0.1) is 11.8 Å². The second-order valence-corrected chi connectivity index (χ2v) is 6.54. The van der Waals surface area contributed by atoms with Crippen LogP contribution in [0.1, 0.15) is 44.9 Å². The van der Waals surface area contributed by atoms with Crippen LogP contribution >= 0.6 is 0 Å². The molecule has 2 aliphatic carbocycles. The fraction of sp³-hybridized carbons (Fsp3) is 0.867. The lowest BCUT2D eigenvalue weighted by molar-refractivity contribution is -0.165. The van der Waals surface area contributed by atoms with Crippen LogP contribution in [-0.4, -0.2) is 42.0 Å². The zero-order valence-electron chi connectivity index (χ0n) is 12.0. The molecule has 0 radical (unpaired) electrons. The molecule has 3 aliphatic rings. The second-order valence-electron chi connectivity index (χ2n) is 6.54. The van der Waals surface area contributed by atoms with Crippen LogP contribution in [0.25, 0.3) is 0 Å². The SMILES string of the molecule is NC(=O)[C@H]1CC[C@H]1C(=O)N1CCOC2(CCCCC2)C1. The Bertz CT molecular complexity index is 398. The Labute approximate surface area is 119 Å². The Kier molecular flexibility index (Phi) is 3.71. The number of nitrogens with zero attached hydrogens (tertiary/aromatic N) is 1. The van der Waals surface area contributed by atoms with Gasteiger partial charge in [0.25, 0.3) is 0 Å². The maximum atomic E-state index is 12.6. The first kappa shape index (κ1) is 13.9. The van der Waals surface area contributed by atoms with Crippen LogP contribution in [0.15, 0.2) is 0 Å². The summed E-state index contributed by atoms with van der Waals surface area (Å²) in [6, 6.07) is 0. The summed E-state index contributed by atoms with van der Waals surface area (Å²) >= 11 is 0. The number of ether oxygens (including phenoxy) is 1. The molecule has 1 aliphatic heterocycles. The monoisotopic (exact) mass is 280 g/mol. The Morgan fingerprint density at radius 1 is 1.10 bits per heavy atom. The zero-order valence-corrected chi connectivity index (χ0v) is 12.0. The molecule has 1 spiro atoms. The molecule has 2 atom stereocenters. The first-order valence-corrected chi connectivity index (χ1v) is 7.83. The minimum Gasteiger partial charge on any atom is -0.371 e. The molecular weight excluding hydrogens is 256 g/mol. The molecule has 5 heteroatoms. The average Bonchev–Trinajstić information content (AvgIpc) is 2.37. The van der Waals surface area contributed by atoms with Gasteiger partial charge >= 0.3 is 0 Å². The van der Waals surface area contributed by atoms with E-state index in [1.54, 1.807) is 0 Å². The van der Waals surface area contributed by atoms with Gasteiger partial charge in [-0.2, -0.15) is 0 Å². The lowest BCUT2D eigenvalue weighted by atomic mass is 9.72. The van der Waals surface area contributed by atoms with Crippen LogP contribution in [-0.2, 0) is 14.3 Å². The summed E-state index contributed by atoms with van der Waals surface area (Å²) in [6.07, 6.45) is 7.33. The van der Waals surface area contributed by atoms with Crippen molar-refractivity contribution in [3.05, 3.63) is 0 Å². The summed E-state index contributed by atoms with van der Waals surface area (Å²) in [5.41, 5.74) is 5.24. The van der Waals surface area contributed by atoms with Crippen molar-refractivity contribution >= 4 is 11.8 Å². The Morgan fingerprint density at radius 2 is 1.80 bits per heavy atom. The molecule has 3 rings (SSSR count). The van der Waals surface area contributed by atoms with E-state index in [4.69, 9.17) is 10.5 Å². The van der Waals surface area contributed by atoms with E-state index >= 15 is 0 Å². The highest BCUT2D eigenvalue weighted by molar-refractivity contribution is 5.88. The van der Waals surface area contributed by atoms with Gasteiger partial charge in [-0.15, -0.1) is 0 Å². The highest BCUT2D eigenvalue weighted by atomic mass is 16.5. The van der Waals surface area contributed by atoms with Gasteiger partial charge in [-0.3, -0.25) is 9.59 Å². The fourth-order valence-corrected chi connectivity index (χ4v) is 3.90. The van der Waals surface area contributed by atoms with Crippen molar-refractivity contribution in [1.29, 1.82) is 0 Å². The first-order valence-electron chi connectivity index (χ1n) is 7.83. The number of carbonyl (C=O) groups is 2. The molecule has 3 fully saturated rings. The van der Waals surface area contributed by atoms with E-state index in [1.807, 2.05) is 4.90 Å². The van der Waals surface area contributed by atoms with E-state index in [0.29, 0.717) is 19.7 Å². The molecule has 1 heterocycles. The van der Waals surface area contributed by atoms with Crippen molar-refractivity contribution < 1.29 is 14.3 Å². The molecular formula is C15H24N2O3. The molecule has 112 valence electrons. The van der Waals surface area contributed by atoms with Gasteiger partial charge in [-0.25, -0.2) is 0 Å². The summed E-state index contributed by atoms with van der Waals surface area (Å²) in [6.45, 7) is 1.98. The zero-order chi connectivity index (χ0) is 14.2. The van der Waals surface area contributed by atoms with E-state index in [0.717, 1.165) is 25.7 Å². The number of morpholine rings is 1. The van der Waals surface area contributed by atoms with E-state index in [9.17, 15) is 9.59 Å². The number of rotatable bonds is 2. The molecule has 2 N–H and O–H groups in total. The summed E-state index contributed by atoms with van der Waals surface area (Å²) in [4.78, 5) is 25.8. The molecule has 5 nitrogen and oxygen atoms in total. The van der Waals surface area contributed by atoms with Crippen molar-refractivity contribution in [3.63, 3.8) is 0 Å². The molecule has 0 aromatic rings. The van der Waals surface area contributed by atoms with Gasteiger partial charge < -0.3 is 15.4 Å². The Balaban J connectivity index is 1.64. The number of carbonyl (C=O) groups excluding carboxylic acids is 2. The van der Waals surface area contributed by atoms with E-state index < -0.39 is 0 Å². The molecule has 0 bridgehead atoms. The third-order valence-electron chi connectivity index (χ3n) is 5.28. The van der Waals surface area contributed by atoms with E-state index in [2.05, 4.69) is 0 Å². The van der Waals surface area contributed by atoms with Gasteiger partial charge in [-0.1, -0.05) is 19.3 Å². The minimum absolute atomic E-state index is 0.113. The average molecular weight is 280 g/mol. The van der Waals surface area contributed by atoms with Crippen LogP contribution in [0.2, 0.25) is 0 Å². The summed E-state index contributed by atoms with van der Waals surface area (Å²) in [5.74, 6) is -0.623. The van der Waals surface area contributed by atoms with Gasteiger partial charge in [0.1, 0.15) is 0 Å². The number of hydrogen-bond acceptors (Lipinski definition) is 3. The molecule has 2 saturated carbocycles. The highest BCUT2D eigenvalue weighted by Gasteiger charge is 2.45. The predicted molar refractivity (Wildman–Crippen MR) is 73.8 cm³/mol. The number of primary amides is 1. The fourth-order valence-electron chi connectivity index (χ4n) is 3.90. The van der Waals surface area contributed by atoms with Crippen LogP contribution in [0.4, 0.5) is 0 Å². The molecule has 2 amide bonds. The van der Waals surface area contributed by atoms with Gasteiger partial charge in [0.15, 0.2) is 0 Å². The normalized spacial score (nSPS) is 32.7. The van der Waals surface area contributed by atoms with Crippen LogP contribution in [0.3, 0.4) is 0 Å². The van der Waals surface area contributed by atoms with Crippen LogP contribution in [0.5, 0.6) is 0 Å². The quantitative estimate of drug-likeness (QED) is 0.822. The molecule has 0 aromatic heterocycles. The number of nitrogens with two attached hydrogens (primary N) is 1. The van der Waals surface area contributed by atoms with E-state index in [1.165, 1.54) is 19.3 Å². The smallest absolute Gasteiger partial charge is 0.226 e. The van der Waals surface area contributed by atoms with Crippen molar-refractivity contribution in [1.82, 2.24) is 4.90 Å². The maximum absolute atomic E-state index is 12.6. The van der Waals surface area contributed by atoms with Gasteiger partial charge in [0.05, 0.1) is 12.2 Å². The maximum Gasteiger partial charge on any atom is 0.226 e. The standard InChI is InChI=1S/C15H24N2O3/c16-13(18)11-4-5-12(11)14(19)17-8-9-20-15(10-17)6-2-1-3-7-15/h11-12H,1-10H2,(H2,16,18)/t11-,12+/m0/s1. The minimum atomic E-state index is -0.324. The number of hydrogen-bond donors (Lipinski definition) is 1. The number of amides is 2. The second kappa shape index (κ2) is 5.35. The summed E-state index contributed by atoms with van der Waals surface area (Å²) in [7, 11) is 0.